The summed E-state index contributed by atoms with van der Waals surface area (Å²) < 4.78 is 0. The summed E-state index contributed by atoms with van der Waals surface area (Å²) in [6.07, 6.45) is 1.97. The van der Waals surface area contributed by atoms with Crippen molar-refractivity contribution in [3.63, 3.8) is 0 Å². The van der Waals surface area contributed by atoms with E-state index in [1.807, 2.05) is 59.6 Å². The molecule has 2 aromatic carbocycles. The number of H-pyrrole nitrogens is 1. The Bertz CT molecular complexity index is 1140. The van der Waals surface area contributed by atoms with Gasteiger partial charge in [0.1, 0.15) is 0 Å². The van der Waals surface area contributed by atoms with Gasteiger partial charge in [-0.15, -0.1) is 0 Å². The van der Waals surface area contributed by atoms with Gasteiger partial charge in [0.25, 0.3) is 5.91 Å². The van der Waals surface area contributed by atoms with Crippen molar-refractivity contribution in [1.29, 1.82) is 0 Å². The lowest BCUT2D eigenvalue weighted by Gasteiger charge is -2.28. The molecule has 1 saturated heterocycles. The van der Waals surface area contributed by atoms with Crippen LogP contribution in [0.5, 0.6) is 0 Å². The van der Waals surface area contributed by atoms with Crippen molar-refractivity contribution in [1.82, 2.24) is 20.2 Å². The number of hydrogen-bond acceptors (Lipinski definition) is 3. The van der Waals surface area contributed by atoms with Gasteiger partial charge in [-0.05, 0) is 18.2 Å². The normalized spacial score (nSPS) is 14.7. The van der Waals surface area contributed by atoms with E-state index in [9.17, 15) is 4.79 Å². The zero-order chi connectivity index (χ0) is 18.2. The zero-order valence-electron chi connectivity index (χ0n) is 14.9. The van der Waals surface area contributed by atoms with E-state index in [0.29, 0.717) is 0 Å². The van der Waals surface area contributed by atoms with Crippen LogP contribution in [0.1, 0.15) is 10.4 Å². The third-order valence-corrected chi connectivity index (χ3v) is 5.22. The molecule has 5 rings (SSSR count). The summed E-state index contributed by atoms with van der Waals surface area (Å²) in [5, 5.41) is 5.32. The van der Waals surface area contributed by atoms with Crippen LogP contribution < -0.4 is 5.32 Å². The van der Waals surface area contributed by atoms with Gasteiger partial charge in [-0.2, -0.15) is 0 Å². The Labute approximate surface area is 157 Å². The highest BCUT2D eigenvalue weighted by molar-refractivity contribution is 6.08. The van der Waals surface area contributed by atoms with Crippen molar-refractivity contribution in [2.75, 3.05) is 26.2 Å². The molecular formula is C22H20N4O. The average molecular weight is 356 g/mol. The number of aromatic nitrogens is 2. The number of carbonyl (C=O) groups excluding carboxylic acids is 1. The number of amides is 1. The third-order valence-electron chi connectivity index (χ3n) is 5.22. The molecule has 3 heterocycles. The Morgan fingerprint density at radius 3 is 2.56 bits per heavy atom. The summed E-state index contributed by atoms with van der Waals surface area (Å²) in [7, 11) is 0. The van der Waals surface area contributed by atoms with E-state index in [0.717, 1.165) is 64.8 Å². The van der Waals surface area contributed by atoms with Gasteiger partial charge in [-0.25, -0.2) is 4.98 Å². The highest BCUT2D eigenvalue weighted by Crippen LogP contribution is 2.30. The van der Waals surface area contributed by atoms with E-state index < -0.39 is 0 Å². The van der Waals surface area contributed by atoms with E-state index in [1.54, 1.807) is 0 Å². The molecule has 5 heteroatoms. The first kappa shape index (κ1) is 16.0. The molecule has 134 valence electrons. The average Bonchev–Trinajstić information content (AvgIpc) is 3.17. The molecule has 0 spiro atoms. The van der Waals surface area contributed by atoms with Crippen molar-refractivity contribution >= 4 is 27.7 Å². The lowest BCUT2D eigenvalue weighted by Crippen LogP contribution is -2.46. The van der Waals surface area contributed by atoms with E-state index in [4.69, 9.17) is 4.98 Å². The standard InChI is InChI=1S/C22H20N4O/c27-22(26-11-9-23-10-12-26)17-13-21(25-20-8-4-2-5-15(17)20)18-14-24-19-7-3-1-6-16(18)19/h1-8,13-14,23-24H,9-12H2. The first-order valence-corrected chi connectivity index (χ1v) is 9.27. The predicted octanol–water partition coefficient (Wildman–Crippen LogP) is 3.43. The fourth-order valence-corrected chi connectivity index (χ4v) is 3.81. The van der Waals surface area contributed by atoms with Gasteiger partial charge < -0.3 is 15.2 Å². The highest BCUT2D eigenvalue weighted by Gasteiger charge is 2.21. The maximum Gasteiger partial charge on any atom is 0.254 e. The number of pyridine rings is 1. The van der Waals surface area contributed by atoms with Crippen molar-refractivity contribution in [3.8, 4) is 11.3 Å². The van der Waals surface area contributed by atoms with Gasteiger partial charge in [-0.3, -0.25) is 4.79 Å². The summed E-state index contributed by atoms with van der Waals surface area (Å²) in [5.41, 5.74) is 4.48. The molecule has 1 aliphatic heterocycles. The molecule has 1 amide bonds. The molecule has 27 heavy (non-hydrogen) atoms. The van der Waals surface area contributed by atoms with Crippen LogP contribution in [0.2, 0.25) is 0 Å². The second kappa shape index (κ2) is 6.52. The molecule has 2 aromatic heterocycles. The van der Waals surface area contributed by atoms with Crippen molar-refractivity contribution in [2.24, 2.45) is 0 Å². The predicted molar refractivity (Wildman–Crippen MR) is 108 cm³/mol. The minimum Gasteiger partial charge on any atom is -0.360 e. The molecule has 2 N–H and O–H groups in total. The molecule has 0 bridgehead atoms. The fourth-order valence-electron chi connectivity index (χ4n) is 3.81. The molecule has 1 fully saturated rings. The van der Waals surface area contributed by atoms with Gasteiger partial charge in [-0.1, -0.05) is 36.4 Å². The number of nitrogens with one attached hydrogen (secondary N) is 2. The van der Waals surface area contributed by atoms with Gasteiger partial charge >= 0.3 is 0 Å². The van der Waals surface area contributed by atoms with Crippen molar-refractivity contribution in [3.05, 3.63) is 66.4 Å². The molecule has 1 aliphatic rings. The minimum atomic E-state index is 0.0798. The van der Waals surface area contributed by atoms with Crippen LogP contribution >= 0.6 is 0 Å². The number of aromatic amines is 1. The molecule has 4 aromatic rings. The molecule has 0 radical (unpaired) electrons. The Kier molecular flexibility index (Phi) is 3.87. The van der Waals surface area contributed by atoms with E-state index in [1.165, 1.54) is 0 Å². The fraction of sp³-hybridized carbons (Fsp3) is 0.182. The van der Waals surface area contributed by atoms with Gasteiger partial charge in [0, 0.05) is 54.2 Å². The molecule has 0 aliphatic carbocycles. The summed E-state index contributed by atoms with van der Waals surface area (Å²) >= 11 is 0. The second-order valence-electron chi connectivity index (χ2n) is 6.86. The van der Waals surface area contributed by atoms with Gasteiger partial charge in [0.2, 0.25) is 0 Å². The van der Waals surface area contributed by atoms with Crippen molar-refractivity contribution < 1.29 is 4.79 Å². The maximum absolute atomic E-state index is 13.3. The summed E-state index contributed by atoms with van der Waals surface area (Å²) in [5.74, 6) is 0.0798. The third kappa shape index (κ3) is 2.76. The number of hydrogen-bond donors (Lipinski definition) is 2. The second-order valence-corrected chi connectivity index (χ2v) is 6.86. The maximum atomic E-state index is 13.3. The molecule has 0 saturated carbocycles. The largest absolute Gasteiger partial charge is 0.360 e. The van der Waals surface area contributed by atoms with Crippen LogP contribution in [-0.4, -0.2) is 47.0 Å². The van der Waals surface area contributed by atoms with Crippen LogP contribution in [0.15, 0.2) is 60.8 Å². The number of carbonyl (C=O) groups is 1. The Morgan fingerprint density at radius 2 is 1.70 bits per heavy atom. The lowest BCUT2D eigenvalue weighted by molar-refractivity contribution is 0.0738. The number of benzene rings is 2. The van der Waals surface area contributed by atoms with E-state index >= 15 is 0 Å². The summed E-state index contributed by atoms with van der Waals surface area (Å²) in [6, 6.07) is 18.0. The molecule has 0 unspecified atom stereocenters. The molecule has 5 nitrogen and oxygen atoms in total. The topological polar surface area (TPSA) is 61.0 Å². The number of para-hydroxylation sites is 2. The van der Waals surface area contributed by atoms with Gasteiger partial charge in [0.05, 0.1) is 16.8 Å². The minimum absolute atomic E-state index is 0.0798. The summed E-state index contributed by atoms with van der Waals surface area (Å²) in [4.78, 5) is 23.3. The lowest BCUT2D eigenvalue weighted by atomic mass is 10.0. The first-order valence-electron chi connectivity index (χ1n) is 9.27. The summed E-state index contributed by atoms with van der Waals surface area (Å²) in [6.45, 7) is 3.14. The van der Waals surface area contributed by atoms with Gasteiger partial charge in [0.15, 0.2) is 0 Å². The number of fused-ring (bicyclic) bond motifs is 2. The Hall–Kier alpha value is -3.18. The van der Waals surface area contributed by atoms with Crippen LogP contribution in [0, 0.1) is 0 Å². The zero-order valence-corrected chi connectivity index (χ0v) is 14.9. The van der Waals surface area contributed by atoms with Crippen LogP contribution in [0.3, 0.4) is 0 Å². The van der Waals surface area contributed by atoms with Crippen LogP contribution in [0.4, 0.5) is 0 Å². The Balaban J connectivity index is 1.69. The monoisotopic (exact) mass is 356 g/mol. The van der Waals surface area contributed by atoms with E-state index in [-0.39, 0.29) is 5.91 Å². The van der Waals surface area contributed by atoms with Crippen LogP contribution in [0.25, 0.3) is 33.1 Å². The molecule has 0 atom stereocenters. The SMILES string of the molecule is O=C(c1cc(-c2c[nH]c3ccccc23)nc2ccccc12)N1CCNCC1. The van der Waals surface area contributed by atoms with Crippen LogP contribution in [-0.2, 0) is 0 Å². The molecular weight excluding hydrogens is 336 g/mol. The van der Waals surface area contributed by atoms with Crippen molar-refractivity contribution in [2.45, 2.75) is 0 Å². The smallest absolute Gasteiger partial charge is 0.254 e. The number of rotatable bonds is 2. The Morgan fingerprint density at radius 1 is 0.963 bits per heavy atom. The highest BCUT2D eigenvalue weighted by atomic mass is 16.2. The quantitative estimate of drug-likeness (QED) is 0.578. The van der Waals surface area contributed by atoms with E-state index in [2.05, 4.69) is 16.4 Å². The number of piperazine rings is 1. The number of nitrogens with zero attached hydrogens (tertiary/aromatic N) is 2. The first-order chi connectivity index (χ1) is 13.3.